The van der Waals surface area contributed by atoms with Gasteiger partial charge in [-0.1, -0.05) is 17.7 Å². The second-order valence-electron chi connectivity index (χ2n) is 8.24. The van der Waals surface area contributed by atoms with E-state index in [2.05, 4.69) is 27.8 Å². The summed E-state index contributed by atoms with van der Waals surface area (Å²) in [5.41, 5.74) is 5.26. The molecule has 0 spiro atoms. The number of anilines is 2. The highest BCUT2D eigenvalue weighted by atomic mass is 32.1. The van der Waals surface area contributed by atoms with Gasteiger partial charge in [-0.05, 0) is 56.9 Å². The van der Waals surface area contributed by atoms with Gasteiger partial charge in [-0.25, -0.2) is 4.98 Å². The standard InChI is InChI=1S/C25H27N3O4S/c1-13-8-14(2)21(15(3)9-13)26-24(30)19-6-7-20-22(19)27-25(33-20)28-23(29)16-10-17(31-4)12-18(11-16)32-5/h8-12,19H,6-7H2,1-5H3,(H,26,30)(H,27,28,29). The van der Waals surface area contributed by atoms with E-state index in [0.717, 1.165) is 33.8 Å². The van der Waals surface area contributed by atoms with Gasteiger partial charge in [0, 0.05) is 22.2 Å². The minimum absolute atomic E-state index is 0.0653. The maximum absolute atomic E-state index is 13.1. The van der Waals surface area contributed by atoms with Gasteiger partial charge in [0.15, 0.2) is 5.13 Å². The fourth-order valence-electron chi connectivity index (χ4n) is 4.23. The molecule has 7 nitrogen and oxygen atoms in total. The van der Waals surface area contributed by atoms with Crippen LogP contribution in [0.15, 0.2) is 30.3 Å². The van der Waals surface area contributed by atoms with Crippen molar-refractivity contribution < 1.29 is 19.1 Å². The van der Waals surface area contributed by atoms with E-state index in [0.29, 0.717) is 28.6 Å². The molecule has 4 rings (SSSR count). The van der Waals surface area contributed by atoms with Crippen molar-refractivity contribution in [2.75, 3.05) is 24.9 Å². The average Bonchev–Trinajstić information content (AvgIpc) is 3.35. The summed E-state index contributed by atoms with van der Waals surface area (Å²) in [6.45, 7) is 6.04. The molecule has 172 valence electrons. The first-order chi connectivity index (χ1) is 15.8. The van der Waals surface area contributed by atoms with Crippen LogP contribution in [0.2, 0.25) is 0 Å². The summed E-state index contributed by atoms with van der Waals surface area (Å²) in [5, 5.41) is 6.43. The summed E-state index contributed by atoms with van der Waals surface area (Å²) in [4.78, 5) is 31.5. The Kier molecular flexibility index (Phi) is 6.37. The van der Waals surface area contributed by atoms with Crippen molar-refractivity contribution in [1.82, 2.24) is 4.98 Å². The Labute approximate surface area is 197 Å². The van der Waals surface area contributed by atoms with Crippen LogP contribution in [0, 0.1) is 20.8 Å². The lowest BCUT2D eigenvalue weighted by atomic mass is 10.0. The molecule has 2 aromatic carbocycles. The fraction of sp³-hybridized carbons (Fsp3) is 0.320. The highest BCUT2D eigenvalue weighted by Gasteiger charge is 2.33. The number of methoxy groups -OCH3 is 2. The number of hydrogen-bond donors (Lipinski definition) is 2. The molecule has 0 saturated heterocycles. The third-order valence-electron chi connectivity index (χ3n) is 5.79. The van der Waals surface area contributed by atoms with Crippen molar-refractivity contribution >= 4 is 34.0 Å². The van der Waals surface area contributed by atoms with E-state index >= 15 is 0 Å². The predicted octanol–water partition coefficient (Wildman–Crippen LogP) is 5.01. The number of ether oxygens (including phenoxy) is 2. The molecule has 0 bridgehead atoms. The molecule has 1 aliphatic rings. The Hall–Kier alpha value is -3.39. The third-order valence-corrected chi connectivity index (χ3v) is 6.84. The Bertz CT molecular complexity index is 1190. The van der Waals surface area contributed by atoms with Crippen molar-refractivity contribution in [3.05, 3.63) is 63.2 Å². The molecule has 1 atom stereocenters. The van der Waals surface area contributed by atoms with Crippen LogP contribution in [0.1, 0.15) is 50.0 Å². The van der Waals surface area contributed by atoms with E-state index in [9.17, 15) is 9.59 Å². The maximum Gasteiger partial charge on any atom is 0.257 e. The SMILES string of the molecule is COc1cc(OC)cc(C(=O)Nc2nc3c(s2)CCC3C(=O)Nc2c(C)cc(C)cc2C)c1. The first kappa shape index (κ1) is 22.8. The Balaban J connectivity index is 1.51. The molecule has 1 heterocycles. The number of hydrogen-bond acceptors (Lipinski definition) is 6. The molecule has 0 aliphatic heterocycles. The molecule has 8 heteroatoms. The first-order valence-corrected chi connectivity index (χ1v) is 11.5. The van der Waals surface area contributed by atoms with Crippen molar-refractivity contribution in [3.8, 4) is 11.5 Å². The van der Waals surface area contributed by atoms with Crippen LogP contribution in [0.5, 0.6) is 11.5 Å². The Morgan fingerprint density at radius 3 is 2.21 bits per heavy atom. The number of nitrogens with zero attached hydrogens (tertiary/aromatic N) is 1. The summed E-state index contributed by atoms with van der Waals surface area (Å²) in [6.07, 6.45) is 1.48. The molecule has 0 radical (unpaired) electrons. The molecule has 33 heavy (non-hydrogen) atoms. The average molecular weight is 466 g/mol. The smallest absolute Gasteiger partial charge is 0.257 e. The number of thiazole rings is 1. The van der Waals surface area contributed by atoms with Gasteiger partial charge in [0.05, 0.1) is 25.8 Å². The zero-order chi connectivity index (χ0) is 23.7. The molecule has 1 unspecified atom stereocenters. The molecule has 1 aromatic heterocycles. The third kappa shape index (κ3) is 4.71. The molecule has 2 amide bonds. The number of fused-ring (bicyclic) bond motifs is 1. The second-order valence-corrected chi connectivity index (χ2v) is 9.32. The highest BCUT2D eigenvalue weighted by Crippen LogP contribution is 2.39. The summed E-state index contributed by atoms with van der Waals surface area (Å²) in [7, 11) is 3.07. The number of aromatic nitrogens is 1. The molecule has 0 fully saturated rings. The molecule has 3 aromatic rings. The lowest BCUT2D eigenvalue weighted by Crippen LogP contribution is -2.21. The molecule has 1 aliphatic carbocycles. The Morgan fingerprint density at radius 1 is 0.970 bits per heavy atom. The molecule has 2 N–H and O–H groups in total. The van der Waals surface area contributed by atoms with Gasteiger partial charge in [0.1, 0.15) is 11.5 Å². The second kappa shape index (κ2) is 9.23. The van der Waals surface area contributed by atoms with Gasteiger partial charge in [0.25, 0.3) is 5.91 Å². The minimum atomic E-state index is -0.334. The molecule has 0 saturated carbocycles. The van der Waals surface area contributed by atoms with Gasteiger partial charge in [-0.3, -0.25) is 14.9 Å². The van der Waals surface area contributed by atoms with E-state index in [-0.39, 0.29) is 17.7 Å². The lowest BCUT2D eigenvalue weighted by molar-refractivity contribution is -0.117. The minimum Gasteiger partial charge on any atom is -0.497 e. The quantitative estimate of drug-likeness (QED) is 0.534. The van der Waals surface area contributed by atoms with Gasteiger partial charge in [0.2, 0.25) is 5.91 Å². The Morgan fingerprint density at radius 2 is 1.61 bits per heavy atom. The van der Waals surface area contributed by atoms with Crippen molar-refractivity contribution in [2.24, 2.45) is 0 Å². The van der Waals surface area contributed by atoms with Gasteiger partial charge < -0.3 is 14.8 Å². The normalized spacial score (nSPS) is 14.5. The topological polar surface area (TPSA) is 89.6 Å². The van der Waals surface area contributed by atoms with Crippen molar-refractivity contribution in [1.29, 1.82) is 0 Å². The van der Waals surface area contributed by atoms with E-state index < -0.39 is 0 Å². The largest absolute Gasteiger partial charge is 0.497 e. The van der Waals surface area contributed by atoms with Crippen molar-refractivity contribution in [2.45, 2.75) is 39.5 Å². The number of amides is 2. The zero-order valence-corrected chi connectivity index (χ0v) is 20.2. The lowest BCUT2D eigenvalue weighted by Gasteiger charge is -2.15. The van der Waals surface area contributed by atoms with Crippen LogP contribution in [0.25, 0.3) is 0 Å². The number of carbonyl (C=O) groups is 2. The van der Waals surface area contributed by atoms with Crippen LogP contribution >= 0.6 is 11.3 Å². The number of rotatable bonds is 6. The summed E-state index contributed by atoms with van der Waals surface area (Å²) in [5.74, 6) is 0.342. The van der Waals surface area contributed by atoms with Crippen LogP contribution in [-0.4, -0.2) is 31.0 Å². The summed E-state index contributed by atoms with van der Waals surface area (Å²) >= 11 is 1.42. The fourth-order valence-corrected chi connectivity index (χ4v) is 5.26. The predicted molar refractivity (Wildman–Crippen MR) is 130 cm³/mol. The van der Waals surface area contributed by atoms with Crippen molar-refractivity contribution in [3.63, 3.8) is 0 Å². The molecular formula is C25H27N3O4S. The number of aryl methyl sites for hydroxylation is 4. The van der Waals surface area contributed by atoms with Crippen LogP contribution in [0.4, 0.5) is 10.8 Å². The van der Waals surface area contributed by atoms with Crippen LogP contribution < -0.4 is 20.1 Å². The summed E-state index contributed by atoms with van der Waals surface area (Å²) in [6, 6.07) is 9.11. The van der Waals surface area contributed by atoms with E-state index in [1.54, 1.807) is 18.2 Å². The van der Waals surface area contributed by atoms with E-state index in [4.69, 9.17) is 9.47 Å². The van der Waals surface area contributed by atoms with Gasteiger partial charge in [-0.2, -0.15) is 0 Å². The van der Waals surface area contributed by atoms with E-state index in [1.165, 1.54) is 31.1 Å². The number of benzene rings is 2. The maximum atomic E-state index is 13.1. The van der Waals surface area contributed by atoms with Gasteiger partial charge in [-0.15, -0.1) is 11.3 Å². The molecular weight excluding hydrogens is 438 g/mol. The number of nitrogens with one attached hydrogen (secondary N) is 2. The summed E-state index contributed by atoms with van der Waals surface area (Å²) < 4.78 is 10.5. The number of carbonyl (C=O) groups excluding carboxylic acids is 2. The van der Waals surface area contributed by atoms with Crippen LogP contribution in [0.3, 0.4) is 0 Å². The monoisotopic (exact) mass is 465 g/mol. The van der Waals surface area contributed by atoms with E-state index in [1.807, 2.05) is 20.8 Å². The van der Waals surface area contributed by atoms with Gasteiger partial charge >= 0.3 is 0 Å². The highest BCUT2D eigenvalue weighted by molar-refractivity contribution is 7.16. The zero-order valence-electron chi connectivity index (χ0n) is 19.4. The first-order valence-electron chi connectivity index (χ1n) is 10.7. The van der Waals surface area contributed by atoms with Crippen LogP contribution in [-0.2, 0) is 11.2 Å².